The fourth-order valence-electron chi connectivity index (χ4n) is 3.10. The van der Waals surface area contributed by atoms with Gasteiger partial charge in [0.1, 0.15) is 0 Å². The number of rotatable bonds is 5. The molecule has 24 heavy (non-hydrogen) atoms. The highest BCUT2D eigenvalue weighted by Gasteiger charge is 2.19. The molecule has 0 saturated heterocycles. The summed E-state index contributed by atoms with van der Waals surface area (Å²) in [5.74, 6) is 0.714. The van der Waals surface area contributed by atoms with E-state index in [0.717, 1.165) is 31.6 Å². The van der Waals surface area contributed by atoms with Crippen molar-refractivity contribution in [2.45, 2.75) is 33.4 Å². The van der Waals surface area contributed by atoms with Crippen molar-refractivity contribution in [2.24, 2.45) is 5.92 Å². The summed E-state index contributed by atoms with van der Waals surface area (Å²) in [6.07, 6.45) is 1.03. The molecule has 2 aromatic carbocycles. The average Bonchev–Trinajstić information content (AvgIpc) is 3.03. The number of fused-ring (bicyclic) bond motifs is 1. The summed E-state index contributed by atoms with van der Waals surface area (Å²) >= 11 is 0. The fourth-order valence-corrected chi connectivity index (χ4v) is 3.10. The molecule has 0 unspecified atom stereocenters. The monoisotopic (exact) mass is 322 g/mol. The molecule has 0 spiro atoms. The highest BCUT2D eigenvalue weighted by Crippen LogP contribution is 2.28. The van der Waals surface area contributed by atoms with Crippen molar-refractivity contribution in [1.82, 2.24) is 4.90 Å². The summed E-state index contributed by atoms with van der Waals surface area (Å²) in [5.41, 5.74) is 4.73. The average molecular weight is 322 g/mol. The molecule has 1 amide bonds. The minimum absolute atomic E-state index is 0.104. The Kier molecular flexibility index (Phi) is 4.89. The first-order valence-corrected chi connectivity index (χ1v) is 8.72. The summed E-state index contributed by atoms with van der Waals surface area (Å²) in [6, 6.07) is 16.6. The summed E-state index contributed by atoms with van der Waals surface area (Å²) in [7, 11) is 1.88. The van der Waals surface area contributed by atoms with Crippen LogP contribution in [-0.2, 0) is 13.1 Å². The van der Waals surface area contributed by atoms with Gasteiger partial charge in [0.2, 0.25) is 0 Å². The van der Waals surface area contributed by atoms with Crippen LogP contribution in [0, 0.1) is 5.92 Å². The van der Waals surface area contributed by atoms with E-state index in [1.165, 1.54) is 16.8 Å². The van der Waals surface area contributed by atoms with E-state index in [-0.39, 0.29) is 5.91 Å². The van der Waals surface area contributed by atoms with Crippen molar-refractivity contribution in [3.05, 3.63) is 65.2 Å². The van der Waals surface area contributed by atoms with E-state index in [1.54, 1.807) is 0 Å². The third kappa shape index (κ3) is 3.61. The minimum atomic E-state index is 0.104. The van der Waals surface area contributed by atoms with Crippen LogP contribution in [0.15, 0.2) is 48.5 Å². The van der Waals surface area contributed by atoms with Crippen molar-refractivity contribution in [2.75, 3.05) is 18.5 Å². The predicted octanol–water partition coefficient (Wildman–Crippen LogP) is 4.32. The Morgan fingerprint density at radius 1 is 1.04 bits per heavy atom. The molecular formula is C21H26N2O. The predicted molar refractivity (Wildman–Crippen MR) is 99.2 cm³/mol. The van der Waals surface area contributed by atoms with Crippen molar-refractivity contribution >= 4 is 11.6 Å². The van der Waals surface area contributed by atoms with Gasteiger partial charge in [-0.2, -0.15) is 0 Å². The number of amides is 1. The molecule has 1 aliphatic rings. The molecule has 0 radical (unpaired) electrons. The molecule has 0 aromatic heterocycles. The van der Waals surface area contributed by atoms with E-state index in [1.807, 2.05) is 24.1 Å². The van der Waals surface area contributed by atoms with Gasteiger partial charge in [-0.25, -0.2) is 0 Å². The van der Waals surface area contributed by atoms with Crippen LogP contribution < -0.4 is 4.90 Å². The Hall–Kier alpha value is -2.29. The van der Waals surface area contributed by atoms with Crippen LogP contribution in [0.2, 0.25) is 0 Å². The zero-order valence-electron chi connectivity index (χ0n) is 14.8. The molecule has 0 aliphatic carbocycles. The van der Waals surface area contributed by atoms with Crippen LogP contribution in [0.25, 0.3) is 0 Å². The van der Waals surface area contributed by atoms with Gasteiger partial charge in [-0.3, -0.25) is 4.79 Å². The van der Waals surface area contributed by atoms with E-state index >= 15 is 0 Å². The number of hydrogen-bond donors (Lipinski definition) is 0. The van der Waals surface area contributed by atoms with Crippen LogP contribution in [0.3, 0.4) is 0 Å². The fraction of sp³-hybridized carbons (Fsp3) is 0.381. The Morgan fingerprint density at radius 3 is 2.17 bits per heavy atom. The number of carbonyl (C=O) groups excluding carboxylic acids is 1. The zero-order chi connectivity index (χ0) is 17.1. The molecule has 126 valence electrons. The van der Waals surface area contributed by atoms with Gasteiger partial charge in [0, 0.05) is 37.9 Å². The molecule has 1 heterocycles. The van der Waals surface area contributed by atoms with Gasteiger partial charge in [-0.15, -0.1) is 0 Å². The first kappa shape index (κ1) is 16.6. The smallest absolute Gasteiger partial charge is 0.253 e. The third-order valence-corrected chi connectivity index (χ3v) is 4.71. The maximum absolute atomic E-state index is 12.5. The topological polar surface area (TPSA) is 23.6 Å². The van der Waals surface area contributed by atoms with Gasteiger partial charge in [0.05, 0.1) is 0 Å². The van der Waals surface area contributed by atoms with E-state index in [4.69, 9.17) is 0 Å². The van der Waals surface area contributed by atoms with Crippen LogP contribution in [0.1, 0.15) is 41.8 Å². The van der Waals surface area contributed by atoms with Gasteiger partial charge in [0.25, 0.3) is 5.91 Å². The molecule has 0 fully saturated rings. The summed E-state index contributed by atoms with van der Waals surface area (Å²) < 4.78 is 0. The van der Waals surface area contributed by atoms with Gasteiger partial charge in [-0.1, -0.05) is 38.1 Å². The number of anilines is 1. The standard InChI is InChI=1S/C21H26N2O/c1-16(2)12-13-22(3)21(24)17-8-10-20(11-9-17)23-14-18-6-4-5-7-19(18)15-23/h4-11,16H,12-15H2,1-3H3. The van der Waals surface area contributed by atoms with E-state index in [0.29, 0.717) is 5.92 Å². The first-order valence-electron chi connectivity index (χ1n) is 8.72. The minimum Gasteiger partial charge on any atom is -0.363 e. The van der Waals surface area contributed by atoms with Gasteiger partial charge < -0.3 is 9.80 Å². The lowest BCUT2D eigenvalue weighted by Gasteiger charge is -2.20. The Labute approximate surface area is 144 Å². The van der Waals surface area contributed by atoms with Crippen molar-refractivity contribution < 1.29 is 4.79 Å². The van der Waals surface area contributed by atoms with Crippen molar-refractivity contribution in [3.8, 4) is 0 Å². The summed E-state index contributed by atoms with van der Waals surface area (Å²) in [4.78, 5) is 16.6. The molecule has 0 atom stereocenters. The highest BCUT2D eigenvalue weighted by atomic mass is 16.2. The second-order valence-electron chi connectivity index (χ2n) is 7.08. The maximum atomic E-state index is 12.5. The number of hydrogen-bond acceptors (Lipinski definition) is 2. The third-order valence-electron chi connectivity index (χ3n) is 4.71. The Bertz CT molecular complexity index is 681. The number of carbonyl (C=O) groups is 1. The van der Waals surface area contributed by atoms with E-state index in [2.05, 4.69) is 55.1 Å². The lowest BCUT2D eigenvalue weighted by Crippen LogP contribution is -2.28. The summed E-state index contributed by atoms with van der Waals surface area (Å²) in [6.45, 7) is 7.05. The number of benzene rings is 2. The van der Waals surface area contributed by atoms with Crippen molar-refractivity contribution in [1.29, 1.82) is 0 Å². The Balaban J connectivity index is 1.65. The molecule has 3 rings (SSSR count). The lowest BCUT2D eigenvalue weighted by atomic mass is 10.1. The maximum Gasteiger partial charge on any atom is 0.253 e. The molecule has 0 bridgehead atoms. The van der Waals surface area contributed by atoms with E-state index < -0.39 is 0 Å². The molecule has 2 aromatic rings. The highest BCUT2D eigenvalue weighted by molar-refractivity contribution is 5.94. The first-order chi connectivity index (χ1) is 11.5. The largest absolute Gasteiger partial charge is 0.363 e. The Morgan fingerprint density at radius 2 is 1.62 bits per heavy atom. The SMILES string of the molecule is CC(C)CCN(C)C(=O)c1ccc(N2Cc3ccccc3C2)cc1. The normalized spacial score (nSPS) is 13.2. The molecular weight excluding hydrogens is 296 g/mol. The molecule has 3 heteroatoms. The van der Waals surface area contributed by atoms with Gasteiger partial charge in [0.15, 0.2) is 0 Å². The van der Waals surface area contributed by atoms with Gasteiger partial charge in [-0.05, 0) is 47.7 Å². The van der Waals surface area contributed by atoms with E-state index in [9.17, 15) is 4.79 Å². The van der Waals surface area contributed by atoms with Gasteiger partial charge >= 0.3 is 0 Å². The molecule has 0 saturated carbocycles. The summed E-state index contributed by atoms with van der Waals surface area (Å²) in [5, 5.41) is 0. The lowest BCUT2D eigenvalue weighted by molar-refractivity contribution is 0.0789. The van der Waals surface area contributed by atoms with Crippen molar-refractivity contribution in [3.63, 3.8) is 0 Å². The van der Waals surface area contributed by atoms with Crippen LogP contribution >= 0.6 is 0 Å². The molecule has 0 N–H and O–H groups in total. The number of nitrogens with zero attached hydrogens (tertiary/aromatic N) is 2. The quantitative estimate of drug-likeness (QED) is 0.818. The second kappa shape index (κ2) is 7.08. The van der Waals surface area contributed by atoms with Crippen LogP contribution in [0.4, 0.5) is 5.69 Å². The van der Waals surface area contributed by atoms with Crippen LogP contribution in [0.5, 0.6) is 0 Å². The molecule has 1 aliphatic heterocycles. The molecule has 3 nitrogen and oxygen atoms in total. The van der Waals surface area contributed by atoms with Crippen LogP contribution in [-0.4, -0.2) is 24.4 Å². The zero-order valence-corrected chi connectivity index (χ0v) is 14.8. The second-order valence-corrected chi connectivity index (χ2v) is 7.08.